The van der Waals surface area contributed by atoms with Crippen LogP contribution in [-0.4, -0.2) is 40.5 Å². The van der Waals surface area contributed by atoms with Gasteiger partial charge in [-0.15, -0.1) is 0 Å². The Hall–Kier alpha value is -1.70. The summed E-state index contributed by atoms with van der Waals surface area (Å²) >= 11 is -0.242. The van der Waals surface area contributed by atoms with Gasteiger partial charge in [-0.1, -0.05) is 0 Å². The Morgan fingerprint density at radius 1 is 1.23 bits per heavy atom. The van der Waals surface area contributed by atoms with Crippen molar-refractivity contribution in [2.24, 2.45) is 5.92 Å². The van der Waals surface area contributed by atoms with E-state index >= 15 is 0 Å². The number of carboxylic acids is 1. The quantitative estimate of drug-likeness (QED) is 0.863. The van der Waals surface area contributed by atoms with Crippen LogP contribution in [0.4, 0.5) is 13.2 Å². The van der Waals surface area contributed by atoms with Crippen molar-refractivity contribution in [3.8, 4) is 0 Å². The van der Waals surface area contributed by atoms with E-state index in [9.17, 15) is 22.8 Å². The van der Waals surface area contributed by atoms with Crippen LogP contribution in [0.15, 0.2) is 29.2 Å². The van der Waals surface area contributed by atoms with Crippen LogP contribution in [0.2, 0.25) is 0 Å². The first kappa shape index (κ1) is 16.7. The summed E-state index contributed by atoms with van der Waals surface area (Å²) < 4.78 is 36.7. The van der Waals surface area contributed by atoms with E-state index in [-0.39, 0.29) is 34.7 Å². The zero-order chi connectivity index (χ0) is 16.3. The highest BCUT2D eigenvalue weighted by molar-refractivity contribution is 8.00. The predicted octanol–water partition coefficient (Wildman–Crippen LogP) is 3.24. The summed E-state index contributed by atoms with van der Waals surface area (Å²) in [5.74, 6) is -1.87. The second-order valence-electron chi connectivity index (χ2n) is 5.00. The average molecular weight is 333 g/mol. The van der Waals surface area contributed by atoms with E-state index in [4.69, 9.17) is 5.11 Å². The van der Waals surface area contributed by atoms with Gasteiger partial charge in [0.15, 0.2) is 0 Å². The van der Waals surface area contributed by atoms with E-state index in [0.717, 1.165) is 0 Å². The van der Waals surface area contributed by atoms with Gasteiger partial charge >= 0.3 is 11.5 Å². The molecule has 1 amide bonds. The molecule has 120 valence electrons. The number of piperidine rings is 1. The van der Waals surface area contributed by atoms with Crippen LogP contribution in [0.5, 0.6) is 0 Å². The molecule has 0 aromatic heterocycles. The number of carbonyl (C=O) groups excluding carboxylic acids is 1. The van der Waals surface area contributed by atoms with Gasteiger partial charge in [0.25, 0.3) is 5.91 Å². The second kappa shape index (κ2) is 6.60. The number of likely N-dealkylation sites (tertiary alicyclic amines) is 1. The van der Waals surface area contributed by atoms with Crippen molar-refractivity contribution in [2.75, 3.05) is 13.1 Å². The summed E-state index contributed by atoms with van der Waals surface area (Å²) in [7, 11) is 0. The van der Waals surface area contributed by atoms with Crippen molar-refractivity contribution < 1.29 is 27.9 Å². The van der Waals surface area contributed by atoms with Crippen LogP contribution in [0.3, 0.4) is 0 Å². The highest BCUT2D eigenvalue weighted by atomic mass is 32.2. The lowest BCUT2D eigenvalue weighted by atomic mass is 9.97. The van der Waals surface area contributed by atoms with Crippen molar-refractivity contribution in [3.63, 3.8) is 0 Å². The first-order valence-corrected chi connectivity index (χ1v) is 7.46. The first-order chi connectivity index (χ1) is 10.3. The van der Waals surface area contributed by atoms with Crippen molar-refractivity contribution >= 4 is 23.6 Å². The van der Waals surface area contributed by atoms with E-state index in [1.54, 1.807) is 0 Å². The minimum absolute atomic E-state index is 0.00565. The van der Waals surface area contributed by atoms with Gasteiger partial charge in [0.1, 0.15) is 0 Å². The van der Waals surface area contributed by atoms with Crippen LogP contribution < -0.4 is 0 Å². The molecular weight excluding hydrogens is 319 g/mol. The molecule has 0 aliphatic carbocycles. The molecule has 0 radical (unpaired) electrons. The van der Waals surface area contributed by atoms with Crippen molar-refractivity contribution in [3.05, 3.63) is 29.8 Å². The number of amides is 1. The SMILES string of the molecule is O=C(O)C1CCCN(C(=O)c2ccc(SC(F)(F)F)cc2)C1. The molecule has 1 aliphatic heterocycles. The van der Waals surface area contributed by atoms with E-state index in [2.05, 4.69) is 0 Å². The summed E-state index contributed by atoms with van der Waals surface area (Å²) in [4.78, 5) is 24.7. The summed E-state index contributed by atoms with van der Waals surface area (Å²) in [6, 6.07) is 5.15. The van der Waals surface area contributed by atoms with Gasteiger partial charge in [-0.25, -0.2) is 0 Å². The Morgan fingerprint density at radius 3 is 2.41 bits per heavy atom. The Balaban J connectivity index is 2.05. The number of carboxylic acid groups (broad SMARTS) is 1. The van der Waals surface area contributed by atoms with Crippen LogP contribution >= 0.6 is 11.8 Å². The summed E-state index contributed by atoms with van der Waals surface area (Å²) in [6.45, 7) is 0.592. The topological polar surface area (TPSA) is 57.6 Å². The van der Waals surface area contributed by atoms with Gasteiger partial charge in [0.05, 0.1) is 5.92 Å². The molecule has 1 aromatic rings. The molecular formula is C14H14F3NO3S. The molecule has 0 saturated carbocycles. The molecule has 1 aromatic carbocycles. The summed E-state index contributed by atoms with van der Waals surface area (Å²) in [5.41, 5.74) is -4.11. The fraction of sp³-hybridized carbons (Fsp3) is 0.429. The number of hydrogen-bond acceptors (Lipinski definition) is 3. The zero-order valence-corrected chi connectivity index (χ0v) is 12.3. The van der Waals surface area contributed by atoms with Gasteiger partial charge in [0, 0.05) is 23.5 Å². The highest BCUT2D eigenvalue weighted by Crippen LogP contribution is 2.36. The number of halogens is 3. The van der Waals surface area contributed by atoms with Crippen LogP contribution in [0.1, 0.15) is 23.2 Å². The number of hydrogen-bond donors (Lipinski definition) is 1. The fourth-order valence-corrected chi connectivity index (χ4v) is 2.88. The zero-order valence-electron chi connectivity index (χ0n) is 11.5. The van der Waals surface area contributed by atoms with E-state index < -0.39 is 17.4 Å². The van der Waals surface area contributed by atoms with Crippen molar-refractivity contribution in [2.45, 2.75) is 23.2 Å². The molecule has 1 N–H and O–H groups in total. The molecule has 1 atom stereocenters. The maximum absolute atomic E-state index is 12.3. The van der Waals surface area contributed by atoms with E-state index in [1.165, 1.54) is 29.2 Å². The number of nitrogens with zero attached hydrogens (tertiary/aromatic N) is 1. The molecule has 4 nitrogen and oxygen atoms in total. The van der Waals surface area contributed by atoms with Gasteiger partial charge in [0.2, 0.25) is 0 Å². The number of benzene rings is 1. The number of thioether (sulfide) groups is 1. The number of alkyl halides is 3. The first-order valence-electron chi connectivity index (χ1n) is 6.64. The summed E-state index contributed by atoms with van der Waals surface area (Å²) in [5, 5.41) is 9.01. The van der Waals surface area contributed by atoms with Crippen LogP contribution in [0, 0.1) is 5.92 Å². The molecule has 1 aliphatic rings. The smallest absolute Gasteiger partial charge is 0.446 e. The molecule has 1 unspecified atom stereocenters. The van der Waals surface area contributed by atoms with Gasteiger partial charge in [-0.05, 0) is 48.9 Å². The summed E-state index contributed by atoms with van der Waals surface area (Å²) in [6.07, 6.45) is 1.13. The molecule has 0 bridgehead atoms. The standard InChI is InChI=1S/C14H14F3NO3S/c15-14(16,17)22-11-5-3-9(4-6-11)12(19)18-7-1-2-10(8-18)13(20)21/h3-6,10H,1-2,7-8H2,(H,20,21). The lowest BCUT2D eigenvalue weighted by molar-refractivity contribution is -0.143. The van der Waals surface area contributed by atoms with E-state index in [0.29, 0.717) is 19.4 Å². The lowest BCUT2D eigenvalue weighted by Crippen LogP contribution is -2.42. The molecule has 1 heterocycles. The Kier molecular flexibility index (Phi) is 5.00. The molecule has 22 heavy (non-hydrogen) atoms. The van der Waals surface area contributed by atoms with Crippen molar-refractivity contribution in [1.82, 2.24) is 4.90 Å². The third-order valence-corrected chi connectivity index (χ3v) is 4.13. The average Bonchev–Trinajstić information content (AvgIpc) is 2.46. The van der Waals surface area contributed by atoms with Gasteiger partial charge in [-0.3, -0.25) is 9.59 Å². The fourth-order valence-electron chi connectivity index (χ4n) is 2.34. The maximum atomic E-state index is 12.3. The second-order valence-corrected chi connectivity index (χ2v) is 6.14. The molecule has 1 saturated heterocycles. The number of rotatable bonds is 3. The number of carbonyl (C=O) groups is 2. The molecule has 8 heteroatoms. The maximum Gasteiger partial charge on any atom is 0.446 e. The van der Waals surface area contributed by atoms with Crippen LogP contribution in [-0.2, 0) is 4.79 Å². The third-order valence-electron chi connectivity index (χ3n) is 3.39. The van der Waals surface area contributed by atoms with E-state index in [1.807, 2.05) is 0 Å². The largest absolute Gasteiger partial charge is 0.481 e. The predicted molar refractivity (Wildman–Crippen MR) is 74.6 cm³/mol. The Bertz CT molecular complexity index is 559. The van der Waals surface area contributed by atoms with Gasteiger partial charge < -0.3 is 10.0 Å². The highest BCUT2D eigenvalue weighted by Gasteiger charge is 2.30. The van der Waals surface area contributed by atoms with Crippen LogP contribution in [0.25, 0.3) is 0 Å². The molecule has 0 spiro atoms. The Labute approximate surface area is 129 Å². The normalized spacial score (nSPS) is 19.0. The van der Waals surface area contributed by atoms with Gasteiger partial charge in [-0.2, -0.15) is 13.2 Å². The lowest BCUT2D eigenvalue weighted by Gasteiger charge is -2.30. The molecule has 2 rings (SSSR count). The van der Waals surface area contributed by atoms with Crippen molar-refractivity contribution in [1.29, 1.82) is 0 Å². The third kappa shape index (κ3) is 4.40. The Morgan fingerprint density at radius 2 is 1.86 bits per heavy atom. The molecule has 1 fully saturated rings. The minimum Gasteiger partial charge on any atom is -0.481 e. The minimum atomic E-state index is -4.37. The monoisotopic (exact) mass is 333 g/mol. The number of aliphatic carboxylic acids is 1.